The third-order valence-corrected chi connectivity index (χ3v) is 6.91. The predicted octanol–water partition coefficient (Wildman–Crippen LogP) is 1.75. The highest BCUT2D eigenvalue weighted by Gasteiger charge is 2.50. The van der Waals surface area contributed by atoms with Crippen LogP contribution >= 0.6 is 0 Å². The molecule has 0 unspecified atom stereocenters. The Morgan fingerprint density at radius 3 is 2.67 bits per heavy atom. The van der Waals surface area contributed by atoms with E-state index in [-0.39, 0.29) is 36.3 Å². The Bertz CT molecular complexity index is 1530. The summed E-state index contributed by atoms with van der Waals surface area (Å²) in [6, 6.07) is 11.4. The molecule has 2 aliphatic heterocycles. The lowest BCUT2D eigenvalue weighted by molar-refractivity contribution is -0.192. The number of carbonyl (C=O) groups is 3. The number of likely N-dealkylation sites (N-methyl/N-ethyl adjacent to an activating group) is 1. The fourth-order valence-electron chi connectivity index (χ4n) is 4.91. The smallest absolute Gasteiger partial charge is 0.355 e. The summed E-state index contributed by atoms with van der Waals surface area (Å²) in [5.74, 6) is -2.28. The Morgan fingerprint density at radius 1 is 1.13 bits per heavy atom. The van der Waals surface area contributed by atoms with Gasteiger partial charge < -0.3 is 28.4 Å². The number of rotatable bonds is 9. The van der Waals surface area contributed by atoms with Gasteiger partial charge in [-0.3, -0.25) is 4.79 Å². The van der Waals surface area contributed by atoms with Crippen molar-refractivity contribution in [3.63, 3.8) is 0 Å². The number of hydrogen-bond acceptors (Lipinski definition) is 10. The normalized spacial score (nSPS) is 17.4. The van der Waals surface area contributed by atoms with Crippen molar-refractivity contribution in [2.24, 2.45) is 0 Å². The molecule has 2 aromatic heterocycles. The van der Waals surface area contributed by atoms with Crippen molar-refractivity contribution >= 4 is 28.8 Å². The van der Waals surface area contributed by atoms with E-state index in [1.807, 2.05) is 49.3 Å². The molecule has 1 aromatic carbocycles. The summed E-state index contributed by atoms with van der Waals surface area (Å²) < 4.78 is 22.8. The minimum absolute atomic E-state index is 0.0258. The van der Waals surface area contributed by atoms with E-state index < -0.39 is 36.7 Å². The number of fused-ring (bicyclic) bond motifs is 5. The number of aromatic nitrogens is 2. The Labute approximate surface area is 224 Å². The summed E-state index contributed by atoms with van der Waals surface area (Å²) >= 11 is 0. The maximum Gasteiger partial charge on any atom is 0.355 e. The zero-order valence-electron chi connectivity index (χ0n) is 22.0. The number of para-hydroxylation sites is 1. The maximum absolute atomic E-state index is 13.6. The van der Waals surface area contributed by atoms with Crippen LogP contribution in [-0.4, -0.2) is 72.8 Å². The summed E-state index contributed by atoms with van der Waals surface area (Å²) in [5.41, 5.74) is 1.19. The predicted molar refractivity (Wildman–Crippen MR) is 139 cm³/mol. The molecule has 0 amide bonds. The van der Waals surface area contributed by atoms with Gasteiger partial charge in [0.2, 0.25) is 5.60 Å². The summed E-state index contributed by atoms with van der Waals surface area (Å²) in [5, 5.41) is 0.957. The van der Waals surface area contributed by atoms with Crippen LogP contribution in [0, 0.1) is 0 Å². The number of pyridine rings is 2. The number of hydrogen-bond donors (Lipinski definition) is 0. The van der Waals surface area contributed by atoms with E-state index in [0.717, 1.165) is 16.5 Å². The number of carbonyl (C=O) groups excluding carboxylic acids is 3. The van der Waals surface area contributed by atoms with E-state index in [0.29, 0.717) is 24.5 Å². The standard InChI is InChI=1S/C28H29N3O8/c1-4-28(39-24(33)16-36-15-23(32)37-10-9-30(2)3)20-12-22-25-18(11-17-7-5-6-8-21(17)29-25)13-31(22)26(34)19(20)14-38-27(28)35/h5-8,11-12H,4,9-10,13-16H2,1-3H3/t28-/m0/s1. The van der Waals surface area contributed by atoms with Gasteiger partial charge in [-0.15, -0.1) is 0 Å². The Kier molecular flexibility index (Phi) is 7.19. The van der Waals surface area contributed by atoms with Gasteiger partial charge in [0.25, 0.3) is 5.56 Å². The first-order valence-electron chi connectivity index (χ1n) is 12.7. The number of ether oxygens (including phenoxy) is 4. The van der Waals surface area contributed by atoms with Crippen molar-refractivity contribution < 1.29 is 33.3 Å². The van der Waals surface area contributed by atoms with Crippen LogP contribution in [-0.2, 0) is 52.1 Å². The molecule has 0 radical (unpaired) electrons. The van der Waals surface area contributed by atoms with Crippen LogP contribution in [0.1, 0.15) is 30.0 Å². The Hall–Kier alpha value is -4.09. The highest BCUT2D eigenvalue weighted by molar-refractivity contribution is 5.88. The topological polar surface area (TPSA) is 126 Å². The van der Waals surface area contributed by atoms with Crippen LogP contribution in [0.3, 0.4) is 0 Å². The molecule has 3 aromatic rings. The van der Waals surface area contributed by atoms with Crippen molar-refractivity contribution in [2.45, 2.75) is 32.1 Å². The molecule has 1 atom stereocenters. The first-order chi connectivity index (χ1) is 18.7. The Balaban J connectivity index is 1.40. The molecular formula is C28H29N3O8. The Morgan fingerprint density at radius 2 is 1.90 bits per heavy atom. The van der Waals surface area contributed by atoms with E-state index in [9.17, 15) is 19.2 Å². The lowest BCUT2D eigenvalue weighted by Gasteiger charge is -2.35. The van der Waals surface area contributed by atoms with Crippen LogP contribution in [0.5, 0.6) is 0 Å². The molecule has 0 fully saturated rings. The number of esters is 3. The van der Waals surface area contributed by atoms with E-state index >= 15 is 0 Å². The lowest BCUT2D eigenvalue weighted by Crippen LogP contribution is -2.48. The SMILES string of the molecule is CC[C@@]1(OC(=O)COCC(=O)OCCN(C)C)C(=O)OCc2c1cc1n(c2=O)Cc2cc3ccccc3nc2-1. The first-order valence-corrected chi connectivity index (χ1v) is 12.7. The molecule has 204 valence electrons. The number of benzene rings is 1. The van der Waals surface area contributed by atoms with Gasteiger partial charge in [-0.2, -0.15) is 0 Å². The second-order valence-electron chi connectivity index (χ2n) is 9.75. The average molecular weight is 536 g/mol. The van der Waals surface area contributed by atoms with Crippen LogP contribution in [0.15, 0.2) is 41.2 Å². The van der Waals surface area contributed by atoms with Crippen molar-refractivity contribution in [1.82, 2.24) is 14.5 Å². The molecule has 5 rings (SSSR count). The molecule has 0 N–H and O–H groups in total. The van der Waals surface area contributed by atoms with Gasteiger partial charge in [-0.1, -0.05) is 25.1 Å². The quantitative estimate of drug-likeness (QED) is 0.231. The maximum atomic E-state index is 13.6. The molecule has 0 saturated carbocycles. The lowest BCUT2D eigenvalue weighted by atomic mass is 9.85. The van der Waals surface area contributed by atoms with Gasteiger partial charge in [0, 0.05) is 23.1 Å². The van der Waals surface area contributed by atoms with Gasteiger partial charge in [0.1, 0.15) is 26.4 Å². The second-order valence-corrected chi connectivity index (χ2v) is 9.75. The minimum atomic E-state index is -1.84. The highest BCUT2D eigenvalue weighted by atomic mass is 16.6. The monoisotopic (exact) mass is 535 g/mol. The molecule has 4 heterocycles. The van der Waals surface area contributed by atoms with E-state index in [1.165, 1.54) is 0 Å². The summed E-state index contributed by atoms with van der Waals surface area (Å²) in [6.45, 7) is 1.47. The highest BCUT2D eigenvalue weighted by Crippen LogP contribution is 2.40. The third kappa shape index (κ3) is 4.90. The zero-order chi connectivity index (χ0) is 27.7. The van der Waals surface area contributed by atoms with Gasteiger partial charge >= 0.3 is 17.9 Å². The molecule has 39 heavy (non-hydrogen) atoms. The van der Waals surface area contributed by atoms with E-state index in [4.69, 9.17) is 23.9 Å². The molecule has 11 heteroatoms. The van der Waals surface area contributed by atoms with Crippen LogP contribution in [0.4, 0.5) is 0 Å². The van der Waals surface area contributed by atoms with Gasteiger partial charge in [0.05, 0.1) is 29.0 Å². The van der Waals surface area contributed by atoms with E-state index in [1.54, 1.807) is 17.6 Å². The minimum Gasteiger partial charge on any atom is -0.463 e. The van der Waals surface area contributed by atoms with Crippen LogP contribution in [0.2, 0.25) is 0 Å². The molecule has 11 nitrogen and oxygen atoms in total. The molecule has 0 bridgehead atoms. The summed E-state index contributed by atoms with van der Waals surface area (Å²) in [6.07, 6.45) is 0.0258. The largest absolute Gasteiger partial charge is 0.463 e. The van der Waals surface area contributed by atoms with Crippen molar-refractivity contribution in [1.29, 1.82) is 0 Å². The van der Waals surface area contributed by atoms with Crippen LogP contribution in [0.25, 0.3) is 22.3 Å². The second kappa shape index (κ2) is 10.6. The third-order valence-electron chi connectivity index (χ3n) is 6.91. The molecule has 0 saturated heterocycles. The molecule has 0 spiro atoms. The van der Waals surface area contributed by atoms with E-state index in [2.05, 4.69) is 0 Å². The fourth-order valence-corrected chi connectivity index (χ4v) is 4.91. The van der Waals surface area contributed by atoms with Crippen LogP contribution < -0.4 is 5.56 Å². The van der Waals surface area contributed by atoms with Crippen molar-refractivity contribution in [3.05, 3.63) is 63.4 Å². The van der Waals surface area contributed by atoms with Gasteiger partial charge in [-0.25, -0.2) is 19.4 Å². The van der Waals surface area contributed by atoms with Gasteiger partial charge in [-0.05, 0) is 38.7 Å². The number of cyclic esters (lactones) is 1. The first kappa shape index (κ1) is 26.5. The van der Waals surface area contributed by atoms with Crippen molar-refractivity contribution in [3.8, 4) is 11.4 Å². The van der Waals surface area contributed by atoms with Crippen molar-refractivity contribution in [2.75, 3.05) is 40.5 Å². The molecule has 2 aliphatic rings. The van der Waals surface area contributed by atoms with Gasteiger partial charge in [0.15, 0.2) is 0 Å². The fraction of sp³-hybridized carbons (Fsp3) is 0.393. The zero-order valence-corrected chi connectivity index (χ0v) is 22.0. The average Bonchev–Trinajstić information content (AvgIpc) is 3.26. The number of nitrogens with zero attached hydrogens (tertiary/aromatic N) is 3. The molecular weight excluding hydrogens is 506 g/mol. The molecule has 0 aliphatic carbocycles. The summed E-state index contributed by atoms with van der Waals surface area (Å²) in [4.78, 5) is 57.9. The summed E-state index contributed by atoms with van der Waals surface area (Å²) in [7, 11) is 3.69.